The lowest BCUT2D eigenvalue weighted by atomic mass is 9.99. The number of carboxylic acids is 1. The molecular formula is C39H39O22+. The third kappa shape index (κ3) is 10.1. The van der Waals surface area contributed by atoms with E-state index in [0.29, 0.717) is 5.56 Å². The van der Waals surface area contributed by atoms with Crippen LogP contribution >= 0.6 is 0 Å². The van der Waals surface area contributed by atoms with Gasteiger partial charge in [0.05, 0.1) is 11.6 Å². The quantitative estimate of drug-likeness (QED) is 0.0266. The maximum atomic E-state index is 12.5. The van der Waals surface area contributed by atoms with Crippen molar-refractivity contribution >= 4 is 35.0 Å². The number of esters is 2. The second kappa shape index (κ2) is 18.4. The fraction of sp³-hybridized carbons (Fsp3) is 0.333. The molecule has 0 amide bonds. The summed E-state index contributed by atoms with van der Waals surface area (Å²) in [6.45, 7) is -1.47. The molecule has 0 spiro atoms. The van der Waals surface area contributed by atoms with Gasteiger partial charge in [-0.25, -0.2) is 9.21 Å². The van der Waals surface area contributed by atoms with E-state index in [2.05, 4.69) is 0 Å². The van der Waals surface area contributed by atoms with Crippen molar-refractivity contribution in [1.29, 1.82) is 0 Å². The number of rotatable bonds is 13. The highest BCUT2D eigenvalue weighted by Gasteiger charge is 2.48. The zero-order valence-electron chi connectivity index (χ0n) is 31.2. The first-order valence-corrected chi connectivity index (χ1v) is 18.0. The summed E-state index contributed by atoms with van der Waals surface area (Å²) in [4.78, 5) is 35.2. The molecule has 1 aromatic heterocycles. The second-order valence-corrected chi connectivity index (χ2v) is 13.7. The van der Waals surface area contributed by atoms with Gasteiger partial charge in [0.2, 0.25) is 18.3 Å². The van der Waals surface area contributed by atoms with Crippen molar-refractivity contribution in [3.05, 3.63) is 66.2 Å². The van der Waals surface area contributed by atoms with Gasteiger partial charge in [0.25, 0.3) is 0 Å². The van der Waals surface area contributed by atoms with E-state index in [0.717, 1.165) is 36.4 Å². The molecule has 22 nitrogen and oxygen atoms in total. The molecule has 0 aliphatic carbocycles. The van der Waals surface area contributed by atoms with Gasteiger partial charge in [-0.3, -0.25) is 9.59 Å². The predicted molar refractivity (Wildman–Crippen MR) is 199 cm³/mol. The smallest absolute Gasteiger partial charge is 0.402 e. The summed E-state index contributed by atoms with van der Waals surface area (Å²) in [5.41, 5.74) is 0.0857. The monoisotopic (exact) mass is 859 g/mol. The molecule has 2 aliphatic rings. The summed E-state index contributed by atoms with van der Waals surface area (Å²) >= 11 is 0. The van der Waals surface area contributed by atoms with Crippen molar-refractivity contribution in [1.82, 2.24) is 0 Å². The molecule has 2 saturated heterocycles. The number of phenolic OH excluding ortho intramolecular Hbond substituents is 5. The molecule has 0 saturated carbocycles. The van der Waals surface area contributed by atoms with Crippen LogP contribution in [0.5, 0.6) is 40.2 Å². The van der Waals surface area contributed by atoms with Crippen molar-refractivity contribution in [2.75, 3.05) is 13.2 Å². The Morgan fingerprint density at radius 3 is 1.79 bits per heavy atom. The number of hydrogen-bond donors (Lipinski definition) is 12. The van der Waals surface area contributed by atoms with E-state index in [9.17, 15) is 70.6 Å². The zero-order chi connectivity index (χ0) is 44.3. The third-order valence-electron chi connectivity index (χ3n) is 9.35. The molecule has 2 fully saturated rings. The van der Waals surface area contributed by atoms with Gasteiger partial charge in [0.1, 0.15) is 91.1 Å². The number of hydrogen-bond acceptors (Lipinski definition) is 20. The predicted octanol–water partition coefficient (Wildman–Crippen LogP) is -0.444. The molecule has 22 heteroatoms. The summed E-state index contributed by atoms with van der Waals surface area (Å²) in [5, 5.41) is 124. The van der Waals surface area contributed by atoms with E-state index in [1.54, 1.807) is 0 Å². The highest BCUT2D eigenvalue weighted by atomic mass is 16.7. The first-order chi connectivity index (χ1) is 28.9. The molecule has 0 radical (unpaired) electrons. The first kappa shape index (κ1) is 44.1. The first-order valence-electron chi connectivity index (χ1n) is 18.0. The molecule has 326 valence electrons. The van der Waals surface area contributed by atoms with E-state index in [1.165, 1.54) is 30.3 Å². The van der Waals surface area contributed by atoms with Gasteiger partial charge >= 0.3 is 29.3 Å². The average molecular weight is 860 g/mol. The molecule has 61 heavy (non-hydrogen) atoms. The van der Waals surface area contributed by atoms with Crippen LogP contribution in [0.15, 0.2) is 65.1 Å². The Morgan fingerprint density at radius 1 is 0.656 bits per heavy atom. The van der Waals surface area contributed by atoms with Crippen molar-refractivity contribution in [3.8, 4) is 51.6 Å². The minimum atomic E-state index is -2.02. The third-order valence-corrected chi connectivity index (χ3v) is 9.35. The molecule has 3 heterocycles. The van der Waals surface area contributed by atoms with Gasteiger partial charge in [-0.15, -0.1) is 0 Å². The molecule has 0 unspecified atom stereocenters. The van der Waals surface area contributed by atoms with Gasteiger partial charge < -0.3 is 89.7 Å². The number of carbonyl (C=O) groups excluding carboxylic acids is 2. The van der Waals surface area contributed by atoms with Crippen molar-refractivity contribution in [2.45, 2.75) is 67.8 Å². The highest BCUT2D eigenvalue weighted by Crippen LogP contribution is 2.45. The maximum absolute atomic E-state index is 12.5. The molecule has 0 bridgehead atoms. The molecule has 2 aliphatic heterocycles. The number of carbonyl (C=O) groups is 3. The fourth-order valence-corrected chi connectivity index (χ4v) is 6.16. The average Bonchev–Trinajstić information content (AvgIpc) is 3.21. The Morgan fingerprint density at radius 2 is 1.21 bits per heavy atom. The van der Waals surface area contributed by atoms with E-state index in [4.69, 9.17) is 37.9 Å². The molecule has 4 aromatic rings. The topological polar surface area (TPSA) is 361 Å². The molecule has 6 rings (SSSR count). The van der Waals surface area contributed by atoms with Crippen LogP contribution in [-0.2, 0) is 33.3 Å². The zero-order valence-corrected chi connectivity index (χ0v) is 31.2. The summed E-state index contributed by atoms with van der Waals surface area (Å²) in [6.07, 6.45) is -17.2. The number of phenols is 5. The molecular weight excluding hydrogens is 820 g/mol. The summed E-state index contributed by atoms with van der Waals surface area (Å²) in [7, 11) is 0. The van der Waals surface area contributed by atoms with E-state index in [-0.39, 0.29) is 28.0 Å². The maximum Gasteiger partial charge on any atom is 0.402 e. The summed E-state index contributed by atoms with van der Waals surface area (Å²) in [5.74, 6) is -7.96. The SMILES string of the molecule is O=C(O)CC(=O)OC[C@@H]1O[C@@H](Oc2cc(O)cc3[o+]c(-c4cc(O)c(O)c(O)c4)c(O[C@@H]4O[C@H](COC(=O)/C=C/c5ccc(O)cc5)[C@@H](O)[C@H](O)[C@@H]4O)cc23)[C@@H](O)[C@@H](O)[C@@H]1O. The van der Waals surface area contributed by atoms with Gasteiger partial charge in [-0.1, -0.05) is 12.1 Å². The number of aromatic hydroxyl groups is 5. The van der Waals surface area contributed by atoms with Crippen LogP contribution in [0.1, 0.15) is 12.0 Å². The van der Waals surface area contributed by atoms with Gasteiger partial charge in [-0.05, 0) is 23.8 Å². The minimum absolute atomic E-state index is 0.00234. The van der Waals surface area contributed by atoms with E-state index < -0.39 is 133 Å². The lowest BCUT2D eigenvalue weighted by molar-refractivity contribution is -0.278. The molecule has 10 atom stereocenters. The van der Waals surface area contributed by atoms with Crippen molar-refractivity contribution < 1.29 is 109 Å². The Kier molecular flexibility index (Phi) is 13.3. The highest BCUT2D eigenvalue weighted by molar-refractivity contribution is 5.90. The normalized spacial score (nSPS) is 26.5. The van der Waals surface area contributed by atoms with Gasteiger partial charge in [-0.2, -0.15) is 0 Å². The lowest BCUT2D eigenvalue weighted by Crippen LogP contribution is -2.60. The Balaban J connectivity index is 1.31. The van der Waals surface area contributed by atoms with Crippen molar-refractivity contribution in [2.24, 2.45) is 0 Å². The van der Waals surface area contributed by atoms with Crippen LogP contribution < -0.4 is 9.47 Å². The summed E-state index contributed by atoms with van der Waals surface area (Å²) < 4.78 is 39.1. The minimum Gasteiger partial charge on any atom is -0.508 e. The van der Waals surface area contributed by atoms with Crippen LogP contribution in [0, 0.1) is 0 Å². The van der Waals surface area contributed by atoms with Crippen molar-refractivity contribution in [3.63, 3.8) is 0 Å². The largest absolute Gasteiger partial charge is 0.508 e. The number of carboxylic acid groups (broad SMARTS) is 1. The summed E-state index contributed by atoms with van der Waals surface area (Å²) in [6, 6.07) is 10.9. The standard InChI is InChI=1S/C39H38O22/c40-17-4-1-15(2-5-17)3-6-28(46)55-13-25-31(49)34(52)36(54)39(61-25)59-24-11-19-22(57-37(24)16-7-20(42)30(48)21(43)8-16)9-18(41)10-23(19)58-38-35(53)33(51)32(50)26(60-38)14-56-29(47)12-27(44)45/h1-11,25-26,31-36,38-39,49-54H,12-14H2,(H5-,40,41,42,43,44,45,46,48)/p+1/t25-,26+,31-,32-,33+,34+,35+,36+,38-,39-/m1/s1. The van der Waals surface area contributed by atoms with Crippen LogP contribution in [0.2, 0.25) is 0 Å². The Bertz CT molecular complexity index is 2250. The Hall–Kier alpha value is -6.50. The number of aliphatic hydroxyl groups excluding tert-OH is 6. The van der Waals surface area contributed by atoms with E-state index in [1.807, 2.05) is 0 Å². The molecule has 12 N–H and O–H groups in total. The fourth-order valence-electron chi connectivity index (χ4n) is 6.16. The van der Waals surface area contributed by atoms with Crippen LogP contribution in [0.4, 0.5) is 0 Å². The van der Waals surface area contributed by atoms with E-state index >= 15 is 0 Å². The number of ether oxygens (including phenoxy) is 6. The number of fused-ring (bicyclic) bond motifs is 1. The second-order valence-electron chi connectivity index (χ2n) is 13.7. The number of aliphatic hydroxyl groups is 6. The number of benzene rings is 3. The van der Waals surface area contributed by atoms with Gasteiger partial charge in [0.15, 0.2) is 17.2 Å². The van der Waals surface area contributed by atoms with Crippen LogP contribution in [0.3, 0.4) is 0 Å². The van der Waals surface area contributed by atoms with Crippen LogP contribution in [0.25, 0.3) is 28.4 Å². The Labute approximate surface area is 342 Å². The number of aliphatic carboxylic acids is 1. The van der Waals surface area contributed by atoms with Gasteiger partial charge in [0, 0.05) is 30.3 Å². The lowest BCUT2D eigenvalue weighted by Gasteiger charge is -2.40. The van der Waals surface area contributed by atoms with Crippen LogP contribution in [-0.4, -0.2) is 154 Å². The molecule has 3 aromatic carbocycles.